The summed E-state index contributed by atoms with van der Waals surface area (Å²) < 4.78 is 34.4. The lowest BCUT2D eigenvalue weighted by Gasteiger charge is -2.06. The van der Waals surface area contributed by atoms with Gasteiger partial charge in [-0.25, -0.2) is 0 Å². The van der Waals surface area contributed by atoms with Gasteiger partial charge in [0.25, 0.3) is 0 Å². The van der Waals surface area contributed by atoms with Gasteiger partial charge >= 0.3 is 10.4 Å². The van der Waals surface area contributed by atoms with Crippen molar-refractivity contribution in [2.75, 3.05) is 0 Å². The first-order valence-electron chi connectivity index (χ1n) is 3.69. The van der Waals surface area contributed by atoms with Gasteiger partial charge in [0.1, 0.15) is 0 Å². The summed E-state index contributed by atoms with van der Waals surface area (Å²) in [5.41, 5.74) is 1.58. The Hall–Kier alpha value is -1.01. The minimum Gasteiger partial charge on any atom is -0.264 e. The van der Waals surface area contributed by atoms with E-state index in [1.54, 1.807) is 18.5 Å². The van der Waals surface area contributed by atoms with Crippen LogP contribution < -0.4 is 0 Å². The van der Waals surface area contributed by atoms with Gasteiger partial charge in [0.05, 0.1) is 0 Å². The quantitative estimate of drug-likeness (QED) is 0.627. The number of pyridine rings is 1. The van der Waals surface area contributed by atoms with Crippen LogP contribution in [0, 0.1) is 0 Å². The van der Waals surface area contributed by atoms with Crippen LogP contribution in [0.25, 0.3) is 0 Å². The standard InChI is InChI=1S/C7H7FN2O2S/c8-13(11,12)10-4-6-1-2-9-3-7(6)5-10/h1-3H,4-5H2. The molecule has 1 aliphatic rings. The molecule has 0 atom stereocenters. The number of hydrogen-bond acceptors (Lipinski definition) is 3. The molecule has 0 amide bonds. The summed E-state index contributed by atoms with van der Waals surface area (Å²) in [5.74, 6) is 0. The Kier molecular flexibility index (Phi) is 1.81. The van der Waals surface area contributed by atoms with E-state index >= 15 is 0 Å². The highest BCUT2D eigenvalue weighted by molar-refractivity contribution is 7.83. The molecule has 0 radical (unpaired) electrons. The van der Waals surface area contributed by atoms with Crippen LogP contribution in [0.1, 0.15) is 11.1 Å². The van der Waals surface area contributed by atoms with Crippen LogP contribution >= 0.6 is 0 Å². The molecule has 2 rings (SSSR count). The van der Waals surface area contributed by atoms with Crippen molar-refractivity contribution in [3.63, 3.8) is 0 Å². The first kappa shape index (κ1) is 8.58. The molecule has 0 bridgehead atoms. The zero-order valence-corrected chi connectivity index (χ0v) is 7.46. The lowest BCUT2D eigenvalue weighted by atomic mass is 10.2. The van der Waals surface area contributed by atoms with E-state index in [0.29, 0.717) is 0 Å². The van der Waals surface area contributed by atoms with E-state index in [0.717, 1.165) is 15.4 Å². The fraction of sp³-hybridized carbons (Fsp3) is 0.286. The topological polar surface area (TPSA) is 50.3 Å². The molecule has 1 aromatic rings. The van der Waals surface area contributed by atoms with Crippen LogP contribution in [0.3, 0.4) is 0 Å². The van der Waals surface area contributed by atoms with Gasteiger partial charge < -0.3 is 0 Å². The lowest BCUT2D eigenvalue weighted by Crippen LogP contribution is -2.20. The molecule has 70 valence electrons. The molecule has 0 aliphatic carbocycles. The van der Waals surface area contributed by atoms with E-state index in [1.807, 2.05) is 0 Å². The third-order valence-electron chi connectivity index (χ3n) is 2.01. The predicted octanol–water partition coefficient (Wildman–Crippen LogP) is 0.612. The van der Waals surface area contributed by atoms with Gasteiger partial charge in [-0.15, -0.1) is 0 Å². The summed E-state index contributed by atoms with van der Waals surface area (Å²) in [6.07, 6.45) is 3.12. The summed E-state index contributed by atoms with van der Waals surface area (Å²) in [4.78, 5) is 3.83. The van der Waals surface area contributed by atoms with Crippen LogP contribution in [0.2, 0.25) is 0 Å². The largest absolute Gasteiger partial charge is 0.375 e. The Balaban J connectivity index is 2.33. The maximum atomic E-state index is 12.5. The Bertz CT molecular complexity index is 407. The average Bonchev–Trinajstić information content (AvgIpc) is 2.45. The Labute approximate surface area is 75.4 Å². The Morgan fingerprint density at radius 3 is 2.69 bits per heavy atom. The molecule has 0 fully saturated rings. The first-order valence-corrected chi connectivity index (χ1v) is 5.03. The van der Waals surface area contributed by atoms with Gasteiger partial charge in [-0.2, -0.15) is 12.7 Å². The molecule has 1 aromatic heterocycles. The highest BCUT2D eigenvalue weighted by Gasteiger charge is 2.28. The highest BCUT2D eigenvalue weighted by Crippen LogP contribution is 2.24. The second kappa shape index (κ2) is 2.74. The van der Waals surface area contributed by atoms with Crippen molar-refractivity contribution < 1.29 is 12.3 Å². The molecule has 2 heterocycles. The molecule has 1 aliphatic heterocycles. The zero-order chi connectivity index (χ0) is 9.47. The summed E-state index contributed by atoms with van der Waals surface area (Å²) >= 11 is 0. The van der Waals surface area contributed by atoms with Crippen LogP contribution in [0.15, 0.2) is 18.5 Å². The van der Waals surface area contributed by atoms with Gasteiger partial charge in [-0.05, 0) is 17.2 Å². The van der Waals surface area contributed by atoms with Gasteiger partial charge in [0.2, 0.25) is 0 Å². The van der Waals surface area contributed by atoms with Gasteiger partial charge in [-0.3, -0.25) is 4.98 Å². The number of rotatable bonds is 1. The van der Waals surface area contributed by atoms with E-state index in [2.05, 4.69) is 4.98 Å². The number of fused-ring (bicyclic) bond motifs is 1. The third kappa shape index (κ3) is 1.54. The summed E-state index contributed by atoms with van der Waals surface area (Å²) in [7, 11) is -4.56. The lowest BCUT2D eigenvalue weighted by molar-refractivity contribution is 0.399. The van der Waals surface area contributed by atoms with Crippen LogP contribution in [0.5, 0.6) is 0 Å². The van der Waals surface area contributed by atoms with E-state index in [-0.39, 0.29) is 13.1 Å². The molecular weight excluding hydrogens is 195 g/mol. The SMILES string of the molecule is O=S(=O)(F)N1Cc2ccncc2C1. The molecule has 0 saturated heterocycles. The number of aromatic nitrogens is 1. The summed E-state index contributed by atoms with van der Waals surface area (Å²) in [6.45, 7) is 0.193. The fourth-order valence-electron chi connectivity index (χ4n) is 1.34. The molecule has 0 saturated carbocycles. The molecule has 6 heteroatoms. The second-order valence-corrected chi connectivity index (χ2v) is 4.20. The van der Waals surface area contributed by atoms with Gasteiger partial charge in [-0.1, -0.05) is 3.89 Å². The first-order chi connectivity index (χ1) is 6.07. The van der Waals surface area contributed by atoms with E-state index in [1.165, 1.54) is 0 Å². The smallest absolute Gasteiger partial charge is 0.264 e. The van der Waals surface area contributed by atoms with Crippen LogP contribution in [0.4, 0.5) is 3.89 Å². The second-order valence-electron chi connectivity index (χ2n) is 2.85. The van der Waals surface area contributed by atoms with Crippen molar-refractivity contribution in [3.8, 4) is 0 Å². The zero-order valence-electron chi connectivity index (χ0n) is 6.64. The molecule has 0 spiro atoms. The maximum absolute atomic E-state index is 12.5. The minimum absolute atomic E-state index is 0.0853. The number of nitrogens with zero attached hydrogens (tertiary/aromatic N) is 2. The molecule has 0 aromatic carbocycles. The van der Waals surface area contributed by atoms with E-state index < -0.39 is 10.4 Å². The summed E-state index contributed by atoms with van der Waals surface area (Å²) in [6, 6.07) is 1.69. The molecule has 13 heavy (non-hydrogen) atoms. The Morgan fingerprint density at radius 2 is 2.08 bits per heavy atom. The Morgan fingerprint density at radius 1 is 1.38 bits per heavy atom. The number of hydrogen-bond donors (Lipinski definition) is 0. The predicted molar refractivity (Wildman–Crippen MR) is 43.5 cm³/mol. The number of halogens is 1. The highest BCUT2D eigenvalue weighted by atomic mass is 32.3. The van der Waals surface area contributed by atoms with Gasteiger partial charge in [0.15, 0.2) is 0 Å². The fourth-order valence-corrected chi connectivity index (χ4v) is 1.93. The monoisotopic (exact) mass is 202 g/mol. The van der Waals surface area contributed by atoms with Crippen molar-refractivity contribution in [1.82, 2.24) is 9.29 Å². The van der Waals surface area contributed by atoms with Crippen molar-refractivity contribution >= 4 is 10.4 Å². The van der Waals surface area contributed by atoms with Gasteiger partial charge in [0, 0.05) is 25.5 Å². The normalized spacial score (nSPS) is 17.3. The molecular formula is C7H7FN2O2S. The van der Waals surface area contributed by atoms with Crippen molar-refractivity contribution in [2.45, 2.75) is 13.1 Å². The average molecular weight is 202 g/mol. The van der Waals surface area contributed by atoms with Crippen LogP contribution in [-0.4, -0.2) is 17.7 Å². The van der Waals surface area contributed by atoms with Crippen molar-refractivity contribution in [1.29, 1.82) is 0 Å². The summed E-state index contributed by atoms with van der Waals surface area (Å²) in [5, 5.41) is 0. The van der Waals surface area contributed by atoms with Crippen molar-refractivity contribution in [3.05, 3.63) is 29.6 Å². The molecule has 4 nitrogen and oxygen atoms in total. The van der Waals surface area contributed by atoms with Crippen molar-refractivity contribution in [2.24, 2.45) is 0 Å². The third-order valence-corrected chi connectivity index (χ3v) is 2.88. The molecule has 0 N–H and O–H groups in total. The molecule has 0 unspecified atom stereocenters. The minimum atomic E-state index is -4.56. The van der Waals surface area contributed by atoms with Crippen LogP contribution in [-0.2, 0) is 23.5 Å². The van der Waals surface area contributed by atoms with E-state index in [4.69, 9.17) is 0 Å². The van der Waals surface area contributed by atoms with E-state index in [9.17, 15) is 12.3 Å². The maximum Gasteiger partial charge on any atom is 0.375 e.